The van der Waals surface area contributed by atoms with Crippen LogP contribution in [0.2, 0.25) is 0 Å². The molecule has 0 N–H and O–H groups in total. The largest absolute Gasteiger partial charge is 0.311 e. The molecule has 0 radical (unpaired) electrons. The summed E-state index contributed by atoms with van der Waals surface area (Å²) >= 11 is 1.72. The Hall–Kier alpha value is -2.66. The van der Waals surface area contributed by atoms with Gasteiger partial charge in [-0.25, -0.2) is 0 Å². The minimum Gasteiger partial charge on any atom is -0.311 e. The smallest absolute Gasteiger partial charge is 0.261 e. The van der Waals surface area contributed by atoms with Gasteiger partial charge in [0, 0.05) is 23.7 Å². The van der Waals surface area contributed by atoms with Gasteiger partial charge in [0.25, 0.3) is 11.8 Å². The second-order valence-corrected chi connectivity index (χ2v) is 15.2. The fraction of sp³-hybridized carbons (Fsp3) is 0.619. The lowest BCUT2D eigenvalue weighted by molar-refractivity contribution is -0.124. The quantitative estimate of drug-likeness (QED) is 0.134. The van der Waals surface area contributed by atoms with Crippen molar-refractivity contribution >= 4 is 28.8 Å². The summed E-state index contributed by atoms with van der Waals surface area (Å²) < 4.78 is 0. The topological polar surface area (TPSA) is 40.6 Å². The first-order valence-electron chi connectivity index (χ1n) is 19.1. The fourth-order valence-electron chi connectivity index (χ4n) is 7.44. The monoisotopic (exact) mass is 658 g/mol. The Kier molecular flexibility index (Phi) is 14.4. The molecule has 1 aromatic carbocycles. The molecule has 2 aliphatic heterocycles. The Labute approximate surface area is 290 Å². The van der Waals surface area contributed by atoms with Crippen molar-refractivity contribution < 1.29 is 9.59 Å². The maximum atomic E-state index is 14.3. The zero-order valence-electron chi connectivity index (χ0n) is 30.6. The molecule has 258 valence electrons. The minimum absolute atomic E-state index is 0.0172. The molecule has 3 atom stereocenters. The standard InChI is InChI=1S/C42H62N2O2S/c1-8-14-17-31(11-4)20-21-34-22-24-35(25-23-34)36-26-27-37(47-36)40-39-38(41(45)44(40)29-33(13-6)19-16-10-3)30(7)43(42(39)46)28-32(12-5)18-15-9-2/h22-27,31-33H,8-21,28-29H2,1-7H3. The van der Waals surface area contributed by atoms with Crippen LogP contribution in [-0.2, 0) is 16.0 Å². The number of unbranched alkanes of at least 4 members (excludes halogenated alkanes) is 3. The van der Waals surface area contributed by atoms with E-state index in [-0.39, 0.29) is 11.8 Å². The maximum Gasteiger partial charge on any atom is 0.261 e. The number of thiophene rings is 1. The molecule has 0 aliphatic carbocycles. The van der Waals surface area contributed by atoms with Gasteiger partial charge < -0.3 is 9.80 Å². The minimum atomic E-state index is 0.0172. The van der Waals surface area contributed by atoms with E-state index in [2.05, 4.69) is 77.9 Å². The van der Waals surface area contributed by atoms with Gasteiger partial charge in [0.05, 0.1) is 21.7 Å². The molecule has 2 aliphatic rings. The van der Waals surface area contributed by atoms with Gasteiger partial charge >= 0.3 is 0 Å². The van der Waals surface area contributed by atoms with Crippen molar-refractivity contribution in [3.63, 3.8) is 0 Å². The average molecular weight is 659 g/mol. The number of nitrogens with zero attached hydrogens (tertiary/aromatic N) is 2. The first-order valence-corrected chi connectivity index (χ1v) is 19.9. The Morgan fingerprint density at radius 3 is 1.66 bits per heavy atom. The van der Waals surface area contributed by atoms with E-state index in [9.17, 15) is 9.59 Å². The molecule has 0 saturated carbocycles. The summed E-state index contributed by atoms with van der Waals surface area (Å²) in [7, 11) is 0. The number of amides is 2. The number of fused-ring (bicyclic) bond motifs is 1. The highest BCUT2D eigenvalue weighted by molar-refractivity contribution is 7.16. The molecule has 47 heavy (non-hydrogen) atoms. The Morgan fingerprint density at radius 1 is 0.596 bits per heavy atom. The predicted octanol–water partition coefficient (Wildman–Crippen LogP) is 11.7. The van der Waals surface area contributed by atoms with Crippen molar-refractivity contribution in [2.75, 3.05) is 13.1 Å². The lowest BCUT2D eigenvalue weighted by Crippen LogP contribution is -2.34. The number of rotatable bonds is 21. The highest BCUT2D eigenvalue weighted by Gasteiger charge is 2.48. The zero-order chi connectivity index (χ0) is 33.9. The zero-order valence-corrected chi connectivity index (χ0v) is 31.4. The lowest BCUT2D eigenvalue weighted by Gasteiger charge is -2.28. The summed E-state index contributed by atoms with van der Waals surface area (Å²) in [6.45, 7) is 16.9. The number of benzene rings is 1. The number of aryl methyl sites for hydroxylation is 1. The number of allylic oxidation sites excluding steroid dienone is 1. The van der Waals surface area contributed by atoms with E-state index in [1.165, 1.54) is 54.5 Å². The summed E-state index contributed by atoms with van der Waals surface area (Å²) in [5.74, 6) is 1.71. The van der Waals surface area contributed by atoms with Crippen LogP contribution in [0.4, 0.5) is 0 Å². The van der Waals surface area contributed by atoms with E-state index in [4.69, 9.17) is 0 Å². The van der Waals surface area contributed by atoms with Crippen LogP contribution in [0.25, 0.3) is 16.1 Å². The third-order valence-electron chi connectivity index (χ3n) is 10.9. The summed E-state index contributed by atoms with van der Waals surface area (Å²) in [6, 6.07) is 13.4. The van der Waals surface area contributed by atoms with E-state index >= 15 is 0 Å². The molecule has 0 saturated heterocycles. The molecule has 2 amide bonds. The normalized spacial score (nSPS) is 16.9. The molecular weight excluding hydrogens is 597 g/mol. The second kappa shape index (κ2) is 18.2. The summed E-state index contributed by atoms with van der Waals surface area (Å²) in [5.41, 5.74) is 5.58. The number of hydrogen-bond acceptors (Lipinski definition) is 3. The summed E-state index contributed by atoms with van der Waals surface area (Å²) in [4.78, 5) is 34.7. The molecule has 0 spiro atoms. The summed E-state index contributed by atoms with van der Waals surface area (Å²) in [5, 5.41) is 0. The van der Waals surface area contributed by atoms with Crippen molar-refractivity contribution in [2.45, 2.75) is 138 Å². The van der Waals surface area contributed by atoms with Crippen LogP contribution >= 0.6 is 11.3 Å². The van der Waals surface area contributed by atoms with Gasteiger partial charge in [-0.05, 0) is 73.6 Å². The molecular formula is C42H62N2O2S. The van der Waals surface area contributed by atoms with Crippen LogP contribution in [0.15, 0.2) is 53.2 Å². The van der Waals surface area contributed by atoms with Gasteiger partial charge in [-0.2, -0.15) is 0 Å². The van der Waals surface area contributed by atoms with Crippen LogP contribution in [-0.4, -0.2) is 34.7 Å². The number of carbonyl (C=O) groups excluding carboxylic acids is 2. The van der Waals surface area contributed by atoms with E-state index in [1.807, 2.05) is 16.7 Å². The lowest BCUT2D eigenvalue weighted by atomic mass is 9.92. The highest BCUT2D eigenvalue weighted by Crippen LogP contribution is 2.47. The SMILES string of the molecule is CCCCC(CC)CCc1ccc(-c2ccc(C3=C4C(=O)N(CC(CC)CCCC)C(C)=C4C(=O)N3CC(CC)CCCC)s2)cc1. The molecule has 0 bridgehead atoms. The van der Waals surface area contributed by atoms with Crippen LogP contribution in [0.3, 0.4) is 0 Å². The van der Waals surface area contributed by atoms with Crippen molar-refractivity contribution in [1.82, 2.24) is 9.80 Å². The molecule has 2 aromatic rings. The molecule has 0 fully saturated rings. The van der Waals surface area contributed by atoms with E-state index in [0.717, 1.165) is 73.6 Å². The average Bonchev–Trinajstić information content (AvgIpc) is 3.75. The Bertz CT molecular complexity index is 1380. The molecule has 4 nitrogen and oxygen atoms in total. The van der Waals surface area contributed by atoms with Gasteiger partial charge in [-0.1, -0.05) is 130 Å². The third kappa shape index (κ3) is 8.88. The van der Waals surface area contributed by atoms with Gasteiger partial charge in [-0.15, -0.1) is 11.3 Å². The van der Waals surface area contributed by atoms with Crippen molar-refractivity contribution in [3.05, 3.63) is 63.7 Å². The fourth-order valence-corrected chi connectivity index (χ4v) is 8.51. The first kappa shape index (κ1) is 37.2. The maximum absolute atomic E-state index is 14.3. The first-order chi connectivity index (χ1) is 22.8. The summed E-state index contributed by atoms with van der Waals surface area (Å²) in [6.07, 6.45) is 16.5. The van der Waals surface area contributed by atoms with Crippen LogP contribution in [0.1, 0.15) is 142 Å². The van der Waals surface area contributed by atoms with Crippen molar-refractivity contribution in [1.29, 1.82) is 0 Å². The number of carbonyl (C=O) groups is 2. The van der Waals surface area contributed by atoms with Crippen LogP contribution < -0.4 is 0 Å². The molecule has 4 rings (SSSR count). The third-order valence-corrected chi connectivity index (χ3v) is 12.0. The van der Waals surface area contributed by atoms with Crippen LogP contribution in [0.5, 0.6) is 0 Å². The molecule has 1 aromatic heterocycles. The Balaban J connectivity index is 1.63. The van der Waals surface area contributed by atoms with Crippen molar-refractivity contribution in [3.8, 4) is 10.4 Å². The number of hydrogen-bond donors (Lipinski definition) is 0. The van der Waals surface area contributed by atoms with Crippen molar-refractivity contribution in [2.24, 2.45) is 17.8 Å². The van der Waals surface area contributed by atoms with Crippen LogP contribution in [0, 0.1) is 17.8 Å². The van der Waals surface area contributed by atoms with Gasteiger partial charge in [0.2, 0.25) is 0 Å². The van der Waals surface area contributed by atoms with Gasteiger partial charge in [-0.3, -0.25) is 9.59 Å². The van der Waals surface area contributed by atoms with E-state index in [0.29, 0.717) is 36.1 Å². The second-order valence-electron chi connectivity index (χ2n) is 14.2. The highest BCUT2D eigenvalue weighted by atomic mass is 32.1. The van der Waals surface area contributed by atoms with Gasteiger partial charge in [0.15, 0.2) is 0 Å². The van der Waals surface area contributed by atoms with E-state index < -0.39 is 0 Å². The van der Waals surface area contributed by atoms with Gasteiger partial charge in [0.1, 0.15) is 0 Å². The molecule has 3 unspecified atom stereocenters. The Morgan fingerprint density at radius 2 is 1.11 bits per heavy atom. The predicted molar refractivity (Wildman–Crippen MR) is 201 cm³/mol. The molecule has 3 heterocycles. The molecule has 5 heteroatoms. The van der Waals surface area contributed by atoms with E-state index in [1.54, 1.807) is 11.3 Å².